The van der Waals surface area contributed by atoms with Gasteiger partial charge in [-0.2, -0.15) is 5.10 Å². The van der Waals surface area contributed by atoms with Gasteiger partial charge in [0.1, 0.15) is 11.6 Å². The predicted octanol–water partition coefficient (Wildman–Crippen LogP) is 3.98. The van der Waals surface area contributed by atoms with E-state index < -0.39 is 30.3 Å². The standard InChI is InChI=1S/C16H15FN2O3.C14H12FNO3.C3H7BO2/c1-2-22-16(21)14-15(20)13(9-19(18-14)12-7-8-12)10-3-5-11(17)6-4-10;1-2-19-14(18)12-13(17)11(7-8-16-12)9-3-5-10(15)6-4-9;5-4(6)3-1-2-3/h3-6,9,12H,2,7-8H2,1H3;3-7H,2,8H2,1H3;3,5-6H,1-2H2. The van der Waals surface area contributed by atoms with Crippen molar-refractivity contribution < 1.29 is 42.7 Å². The lowest BCUT2D eigenvalue weighted by molar-refractivity contribution is -0.135. The van der Waals surface area contributed by atoms with Crippen molar-refractivity contribution in [3.05, 3.63) is 93.9 Å². The van der Waals surface area contributed by atoms with E-state index in [9.17, 15) is 28.0 Å². The average molecular weight is 649 g/mol. The molecule has 0 unspecified atom stereocenters. The molecule has 2 aromatic carbocycles. The van der Waals surface area contributed by atoms with E-state index in [4.69, 9.17) is 19.5 Å². The predicted molar refractivity (Wildman–Crippen MR) is 170 cm³/mol. The highest BCUT2D eigenvalue weighted by atomic mass is 19.1. The number of halogens is 2. The average Bonchev–Trinajstić information content (AvgIpc) is 3.97. The third-order valence-electron chi connectivity index (χ3n) is 7.15. The Hall–Kier alpha value is -4.82. The van der Waals surface area contributed by atoms with Gasteiger partial charge < -0.3 is 19.5 Å². The SMILES string of the molecule is CCOC(=O)C1=NCC=C(c2ccc(F)cc2)C1=O.CCOC(=O)c1nn(C2CC2)cc(-c2ccc(F)cc2)c1=O.OB(O)C1CC1. The minimum absolute atomic E-state index is 0.171. The van der Waals surface area contributed by atoms with Crippen molar-refractivity contribution in [2.45, 2.75) is 51.4 Å². The quantitative estimate of drug-likeness (QED) is 0.272. The van der Waals surface area contributed by atoms with Gasteiger partial charge >= 0.3 is 19.1 Å². The third kappa shape index (κ3) is 9.59. The zero-order valence-corrected chi connectivity index (χ0v) is 25.9. The fourth-order valence-electron chi connectivity index (χ4n) is 4.35. The zero-order chi connectivity index (χ0) is 34.1. The maximum absolute atomic E-state index is 13.1. The number of carbonyl (C=O) groups is 3. The van der Waals surface area contributed by atoms with E-state index in [0.717, 1.165) is 25.7 Å². The van der Waals surface area contributed by atoms with Gasteiger partial charge in [0, 0.05) is 17.3 Å². The van der Waals surface area contributed by atoms with Crippen molar-refractivity contribution in [2.24, 2.45) is 4.99 Å². The number of rotatable bonds is 8. The van der Waals surface area contributed by atoms with Gasteiger partial charge in [0.2, 0.25) is 16.9 Å². The van der Waals surface area contributed by atoms with Crippen LogP contribution in [0.2, 0.25) is 5.82 Å². The Morgan fingerprint density at radius 1 is 0.872 bits per heavy atom. The van der Waals surface area contributed by atoms with Crippen LogP contribution in [-0.2, 0) is 19.1 Å². The molecule has 6 rings (SSSR count). The Balaban J connectivity index is 0.000000182. The van der Waals surface area contributed by atoms with E-state index in [0.29, 0.717) is 22.3 Å². The van der Waals surface area contributed by atoms with Crippen LogP contribution in [0.3, 0.4) is 0 Å². The van der Waals surface area contributed by atoms with E-state index in [1.807, 2.05) is 0 Å². The minimum atomic E-state index is -1.04. The van der Waals surface area contributed by atoms with Crippen molar-refractivity contribution in [1.82, 2.24) is 9.78 Å². The summed E-state index contributed by atoms with van der Waals surface area (Å²) in [6.45, 7) is 3.90. The Kier molecular flexibility index (Phi) is 12.0. The van der Waals surface area contributed by atoms with E-state index in [2.05, 4.69) is 10.1 Å². The molecule has 11 nitrogen and oxygen atoms in total. The maximum Gasteiger partial charge on any atom is 0.454 e. The summed E-state index contributed by atoms with van der Waals surface area (Å²) in [5.41, 5.74) is 0.848. The van der Waals surface area contributed by atoms with Crippen molar-refractivity contribution in [3.8, 4) is 11.1 Å². The summed E-state index contributed by atoms with van der Waals surface area (Å²) >= 11 is 0. The fourth-order valence-corrected chi connectivity index (χ4v) is 4.35. The smallest absolute Gasteiger partial charge is 0.454 e. The number of Topliss-reactive ketones (excluding diaryl/α,β-unsaturated/α-hetero) is 1. The first-order chi connectivity index (χ1) is 22.5. The van der Waals surface area contributed by atoms with Crippen LogP contribution in [0.1, 0.15) is 61.6 Å². The Labute approximate surface area is 269 Å². The van der Waals surface area contributed by atoms with E-state index in [1.54, 1.807) is 30.8 Å². The lowest BCUT2D eigenvalue weighted by Gasteiger charge is -2.12. The topological polar surface area (TPSA) is 157 Å². The van der Waals surface area contributed by atoms with E-state index >= 15 is 0 Å². The van der Waals surface area contributed by atoms with Gasteiger partial charge in [-0.3, -0.25) is 19.3 Å². The van der Waals surface area contributed by atoms with Crippen molar-refractivity contribution in [1.29, 1.82) is 0 Å². The third-order valence-corrected chi connectivity index (χ3v) is 7.15. The van der Waals surface area contributed by atoms with Gasteiger partial charge in [-0.05, 0) is 67.9 Å². The molecule has 1 aromatic heterocycles. The van der Waals surface area contributed by atoms with Crippen LogP contribution in [0.5, 0.6) is 0 Å². The van der Waals surface area contributed by atoms with Crippen molar-refractivity contribution in [2.75, 3.05) is 19.8 Å². The molecule has 0 spiro atoms. The Bertz CT molecular complexity index is 1720. The molecule has 2 fully saturated rings. The molecule has 2 heterocycles. The number of dihydropyridines is 1. The molecule has 47 heavy (non-hydrogen) atoms. The first kappa shape index (κ1) is 35.0. The van der Waals surface area contributed by atoms with Gasteiger partial charge in [0.05, 0.1) is 25.8 Å². The van der Waals surface area contributed by atoms with Crippen LogP contribution in [0.15, 0.2) is 70.6 Å². The highest BCUT2D eigenvalue weighted by Crippen LogP contribution is 2.37. The molecular weight excluding hydrogens is 615 g/mol. The lowest BCUT2D eigenvalue weighted by Crippen LogP contribution is -2.29. The molecule has 3 aromatic rings. The number of carbonyl (C=O) groups excluding carboxylic acids is 3. The van der Waals surface area contributed by atoms with Crippen molar-refractivity contribution in [3.63, 3.8) is 0 Å². The van der Waals surface area contributed by atoms with Gasteiger partial charge in [0.15, 0.2) is 5.71 Å². The largest absolute Gasteiger partial charge is 0.461 e. The number of benzene rings is 2. The monoisotopic (exact) mass is 649 g/mol. The molecule has 0 saturated heterocycles. The number of esters is 2. The second-order valence-corrected chi connectivity index (χ2v) is 10.8. The number of hydrogen-bond donors (Lipinski definition) is 2. The number of aromatic nitrogens is 2. The summed E-state index contributed by atoms with van der Waals surface area (Å²) in [5, 5.41) is 20.6. The lowest BCUT2D eigenvalue weighted by atomic mass is 9.84. The normalized spacial score (nSPS) is 15.1. The Morgan fingerprint density at radius 3 is 1.91 bits per heavy atom. The highest BCUT2D eigenvalue weighted by molar-refractivity contribution is 6.73. The van der Waals surface area contributed by atoms with Crippen LogP contribution >= 0.6 is 0 Å². The summed E-state index contributed by atoms with van der Waals surface area (Å²) in [4.78, 5) is 52.0. The number of aliphatic imine (C=N–C) groups is 1. The minimum Gasteiger partial charge on any atom is -0.461 e. The van der Waals surface area contributed by atoms with Gasteiger partial charge in [0.25, 0.3) is 0 Å². The van der Waals surface area contributed by atoms with Crippen LogP contribution in [0.4, 0.5) is 8.78 Å². The maximum atomic E-state index is 13.1. The molecule has 0 amide bonds. The molecule has 14 heteroatoms. The molecule has 1 aliphatic heterocycles. The van der Waals surface area contributed by atoms with E-state index in [-0.39, 0.29) is 54.7 Å². The zero-order valence-electron chi connectivity index (χ0n) is 25.9. The number of allylic oxidation sites excluding steroid dienone is 1. The molecule has 0 atom stereocenters. The van der Waals surface area contributed by atoms with E-state index in [1.165, 1.54) is 48.5 Å². The molecule has 2 saturated carbocycles. The highest BCUT2D eigenvalue weighted by Gasteiger charge is 2.33. The van der Waals surface area contributed by atoms with Crippen LogP contribution in [0, 0.1) is 11.6 Å². The molecule has 0 radical (unpaired) electrons. The van der Waals surface area contributed by atoms with Crippen LogP contribution in [0.25, 0.3) is 16.7 Å². The Morgan fingerprint density at radius 2 is 1.43 bits per heavy atom. The molecule has 246 valence electrons. The number of ether oxygens (including phenoxy) is 2. The van der Waals surface area contributed by atoms with Gasteiger partial charge in [-0.15, -0.1) is 0 Å². The second-order valence-electron chi connectivity index (χ2n) is 10.8. The molecule has 2 N–H and O–H groups in total. The molecule has 0 bridgehead atoms. The summed E-state index contributed by atoms with van der Waals surface area (Å²) in [6.07, 6.45) is 7.14. The van der Waals surface area contributed by atoms with Crippen molar-refractivity contribution >= 4 is 36.1 Å². The van der Waals surface area contributed by atoms with Crippen LogP contribution in [-0.4, -0.2) is 70.1 Å². The first-order valence-electron chi connectivity index (χ1n) is 15.2. The second kappa shape index (κ2) is 16.1. The fraction of sp³-hybridized carbons (Fsp3) is 0.333. The summed E-state index contributed by atoms with van der Waals surface area (Å²) in [7, 11) is -1.04. The van der Waals surface area contributed by atoms with Crippen LogP contribution < -0.4 is 5.43 Å². The molecular formula is C33H34BF2N3O8. The molecule has 2 aliphatic carbocycles. The number of hydrogen-bond acceptors (Lipinski definition) is 10. The summed E-state index contributed by atoms with van der Waals surface area (Å²) in [5.74, 6) is -2.50. The number of nitrogens with zero attached hydrogens (tertiary/aromatic N) is 3. The van der Waals surface area contributed by atoms with Gasteiger partial charge in [-0.1, -0.05) is 43.2 Å². The van der Waals surface area contributed by atoms with Gasteiger partial charge in [-0.25, -0.2) is 18.4 Å². The summed E-state index contributed by atoms with van der Waals surface area (Å²) in [6, 6.07) is 11.3. The number of ketones is 1. The molecule has 3 aliphatic rings. The first-order valence-corrected chi connectivity index (χ1v) is 15.2. The summed E-state index contributed by atoms with van der Waals surface area (Å²) < 4.78 is 37.2.